The highest BCUT2D eigenvalue weighted by molar-refractivity contribution is 5.49. The van der Waals surface area contributed by atoms with Crippen molar-refractivity contribution >= 4 is 11.6 Å². The summed E-state index contributed by atoms with van der Waals surface area (Å²) in [6.45, 7) is 9.05. The quantitative estimate of drug-likeness (QED) is 0.900. The molecule has 1 atom stereocenters. The molecule has 6 heteroatoms. The van der Waals surface area contributed by atoms with Crippen LogP contribution in [0, 0.1) is 0 Å². The summed E-state index contributed by atoms with van der Waals surface area (Å²) >= 11 is 0. The maximum atomic E-state index is 5.39. The Morgan fingerprint density at radius 2 is 2.14 bits per heavy atom. The molecule has 0 spiro atoms. The maximum Gasteiger partial charge on any atom is 0.134 e. The number of aromatic nitrogens is 2. The van der Waals surface area contributed by atoms with Crippen LogP contribution in [-0.4, -0.2) is 66.8 Å². The Kier molecular flexibility index (Phi) is 4.87. The number of likely N-dealkylation sites (tertiary alicyclic amines) is 1. The Morgan fingerprint density at radius 3 is 2.95 bits per heavy atom. The largest absolute Gasteiger partial charge is 0.378 e. The number of morpholine rings is 1. The molecule has 2 saturated heterocycles. The van der Waals surface area contributed by atoms with E-state index in [1.165, 1.54) is 19.4 Å². The number of ether oxygens (including phenoxy) is 1. The predicted octanol–water partition coefficient (Wildman–Crippen LogP) is 1.21. The highest BCUT2D eigenvalue weighted by atomic mass is 16.5. The first kappa shape index (κ1) is 14.5. The van der Waals surface area contributed by atoms with Crippen LogP contribution in [0.3, 0.4) is 0 Å². The Balaban J connectivity index is 1.62. The monoisotopic (exact) mass is 291 g/mol. The van der Waals surface area contributed by atoms with E-state index in [4.69, 9.17) is 4.74 Å². The molecule has 2 aliphatic heterocycles. The van der Waals surface area contributed by atoms with E-state index in [1.807, 2.05) is 0 Å². The first-order chi connectivity index (χ1) is 10.3. The molecule has 1 aromatic heterocycles. The number of nitrogens with zero attached hydrogens (tertiary/aromatic N) is 4. The van der Waals surface area contributed by atoms with Crippen LogP contribution >= 0.6 is 0 Å². The van der Waals surface area contributed by atoms with E-state index >= 15 is 0 Å². The summed E-state index contributed by atoms with van der Waals surface area (Å²) in [6.07, 6.45) is 4.13. The van der Waals surface area contributed by atoms with Crippen LogP contribution < -0.4 is 10.2 Å². The topological polar surface area (TPSA) is 53.5 Å². The lowest BCUT2D eigenvalue weighted by atomic mass is 10.1. The molecular weight excluding hydrogens is 266 g/mol. The molecule has 1 aromatic rings. The van der Waals surface area contributed by atoms with Crippen molar-refractivity contribution in [2.75, 3.05) is 56.2 Å². The summed E-state index contributed by atoms with van der Waals surface area (Å²) in [5, 5.41) is 3.57. The number of likely N-dealkylation sites (N-methyl/N-ethyl adjacent to an activating group) is 1. The van der Waals surface area contributed by atoms with Gasteiger partial charge in [-0.1, -0.05) is 6.92 Å². The van der Waals surface area contributed by atoms with Gasteiger partial charge in [-0.15, -0.1) is 0 Å². The second kappa shape index (κ2) is 7.04. The van der Waals surface area contributed by atoms with Crippen molar-refractivity contribution < 1.29 is 4.74 Å². The van der Waals surface area contributed by atoms with Crippen LogP contribution in [0.5, 0.6) is 0 Å². The zero-order chi connectivity index (χ0) is 14.5. The van der Waals surface area contributed by atoms with Gasteiger partial charge in [0.1, 0.15) is 18.0 Å². The lowest BCUT2D eigenvalue weighted by Gasteiger charge is -2.33. The molecule has 3 rings (SSSR count). The molecule has 21 heavy (non-hydrogen) atoms. The minimum absolute atomic E-state index is 0.492. The molecule has 2 fully saturated rings. The Hall–Kier alpha value is -1.40. The second-order valence-corrected chi connectivity index (χ2v) is 5.74. The van der Waals surface area contributed by atoms with Gasteiger partial charge < -0.3 is 19.9 Å². The number of piperidine rings is 1. The summed E-state index contributed by atoms with van der Waals surface area (Å²) in [5.41, 5.74) is 0. The molecule has 6 nitrogen and oxygen atoms in total. The highest BCUT2D eigenvalue weighted by Crippen LogP contribution is 2.18. The molecule has 1 N–H and O–H groups in total. The minimum Gasteiger partial charge on any atom is -0.378 e. The van der Waals surface area contributed by atoms with Gasteiger partial charge in [-0.25, -0.2) is 9.97 Å². The third kappa shape index (κ3) is 3.83. The van der Waals surface area contributed by atoms with Crippen LogP contribution in [0.15, 0.2) is 12.4 Å². The molecule has 2 aliphatic rings. The molecule has 1 unspecified atom stereocenters. The van der Waals surface area contributed by atoms with Gasteiger partial charge in [0.05, 0.1) is 13.2 Å². The van der Waals surface area contributed by atoms with Crippen molar-refractivity contribution in [1.82, 2.24) is 14.9 Å². The molecule has 0 aromatic carbocycles. The van der Waals surface area contributed by atoms with Crippen molar-refractivity contribution in [3.63, 3.8) is 0 Å². The van der Waals surface area contributed by atoms with E-state index in [0.29, 0.717) is 6.04 Å². The number of anilines is 2. The number of nitrogens with one attached hydrogen (secondary N) is 1. The van der Waals surface area contributed by atoms with Gasteiger partial charge in [0.2, 0.25) is 0 Å². The molecule has 116 valence electrons. The molecule has 0 bridgehead atoms. The van der Waals surface area contributed by atoms with Crippen LogP contribution in [0.2, 0.25) is 0 Å². The van der Waals surface area contributed by atoms with Gasteiger partial charge in [0, 0.05) is 31.7 Å². The van der Waals surface area contributed by atoms with E-state index in [2.05, 4.69) is 38.1 Å². The molecule has 0 saturated carbocycles. The fraction of sp³-hybridized carbons (Fsp3) is 0.733. The van der Waals surface area contributed by atoms with Crippen molar-refractivity contribution in [3.05, 3.63) is 12.4 Å². The fourth-order valence-corrected chi connectivity index (χ4v) is 3.06. The van der Waals surface area contributed by atoms with Gasteiger partial charge >= 0.3 is 0 Å². The number of hydrogen-bond donors (Lipinski definition) is 1. The van der Waals surface area contributed by atoms with Crippen molar-refractivity contribution in [3.8, 4) is 0 Å². The van der Waals surface area contributed by atoms with E-state index in [0.717, 1.165) is 51.0 Å². The van der Waals surface area contributed by atoms with Crippen LogP contribution in [0.25, 0.3) is 0 Å². The summed E-state index contributed by atoms with van der Waals surface area (Å²) < 4.78 is 5.39. The van der Waals surface area contributed by atoms with Crippen molar-refractivity contribution in [1.29, 1.82) is 0 Å². The van der Waals surface area contributed by atoms with Crippen LogP contribution in [-0.2, 0) is 4.74 Å². The molecule has 0 aliphatic carbocycles. The summed E-state index contributed by atoms with van der Waals surface area (Å²) in [4.78, 5) is 13.5. The fourth-order valence-electron chi connectivity index (χ4n) is 3.06. The van der Waals surface area contributed by atoms with E-state index in [9.17, 15) is 0 Å². The smallest absolute Gasteiger partial charge is 0.134 e. The van der Waals surface area contributed by atoms with Crippen LogP contribution in [0.1, 0.15) is 19.8 Å². The lowest BCUT2D eigenvalue weighted by Crippen LogP contribution is -2.42. The third-order valence-electron chi connectivity index (χ3n) is 4.29. The van der Waals surface area contributed by atoms with Gasteiger partial charge in [-0.05, 0) is 25.9 Å². The van der Waals surface area contributed by atoms with E-state index in [-0.39, 0.29) is 0 Å². The van der Waals surface area contributed by atoms with Crippen LogP contribution in [0.4, 0.5) is 11.6 Å². The number of hydrogen-bond acceptors (Lipinski definition) is 6. The average Bonchev–Trinajstić information content (AvgIpc) is 2.56. The van der Waals surface area contributed by atoms with Crippen molar-refractivity contribution in [2.24, 2.45) is 0 Å². The molecular formula is C15H25N5O. The average molecular weight is 291 g/mol. The second-order valence-electron chi connectivity index (χ2n) is 5.74. The summed E-state index contributed by atoms with van der Waals surface area (Å²) in [5.74, 6) is 1.94. The third-order valence-corrected chi connectivity index (χ3v) is 4.29. The Labute approximate surface area is 126 Å². The van der Waals surface area contributed by atoms with Gasteiger partial charge in [0.15, 0.2) is 0 Å². The predicted molar refractivity (Wildman–Crippen MR) is 83.8 cm³/mol. The molecule has 0 radical (unpaired) electrons. The first-order valence-corrected chi connectivity index (χ1v) is 7.99. The molecule has 0 amide bonds. The van der Waals surface area contributed by atoms with Gasteiger partial charge in [-0.3, -0.25) is 0 Å². The zero-order valence-electron chi connectivity index (χ0n) is 12.8. The standard InChI is InChI=1S/C15H25N5O/c1-2-19-5-3-4-13(11-19)18-14-10-15(17-12-16-14)20-6-8-21-9-7-20/h10,12-13H,2-9,11H2,1H3,(H,16,17,18). The summed E-state index contributed by atoms with van der Waals surface area (Å²) in [7, 11) is 0. The Bertz CT molecular complexity index is 449. The first-order valence-electron chi connectivity index (χ1n) is 7.99. The zero-order valence-corrected chi connectivity index (χ0v) is 12.8. The highest BCUT2D eigenvalue weighted by Gasteiger charge is 2.19. The van der Waals surface area contributed by atoms with Crippen molar-refractivity contribution in [2.45, 2.75) is 25.8 Å². The SMILES string of the molecule is CCN1CCCC(Nc2cc(N3CCOCC3)ncn2)C1. The number of rotatable bonds is 4. The molecule has 3 heterocycles. The van der Waals surface area contributed by atoms with E-state index in [1.54, 1.807) is 6.33 Å². The van der Waals surface area contributed by atoms with Gasteiger partial charge in [0.25, 0.3) is 0 Å². The van der Waals surface area contributed by atoms with Gasteiger partial charge in [-0.2, -0.15) is 0 Å². The maximum absolute atomic E-state index is 5.39. The summed E-state index contributed by atoms with van der Waals surface area (Å²) in [6, 6.07) is 2.56. The lowest BCUT2D eigenvalue weighted by molar-refractivity contribution is 0.122. The Morgan fingerprint density at radius 1 is 1.29 bits per heavy atom. The van der Waals surface area contributed by atoms with E-state index < -0.39 is 0 Å². The normalized spacial score (nSPS) is 24.0. The minimum atomic E-state index is 0.492.